The highest BCUT2D eigenvalue weighted by atomic mass is 79.9. The number of halogens is 1. The number of phenols is 1. The van der Waals surface area contributed by atoms with Crippen LogP contribution in [0.2, 0.25) is 0 Å². The molecule has 0 fully saturated rings. The van der Waals surface area contributed by atoms with Gasteiger partial charge in [0, 0.05) is 16.9 Å². The van der Waals surface area contributed by atoms with Crippen LogP contribution >= 0.6 is 15.9 Å². The quantitative estimate of drug-likeness (QED) is 0.821. The van der Waals surface area contributed by atoms with E-state index in [1.807, 2.05) is 13.8 Å². The zero-order valence-corrected chi connectivity index (χ0v) is 12.3. The summed E-state index contributed by atoms with van der Waals surface area (Å²) in [7, 11) is 1.51. The maximum atomic E-state index is 11.9. The van der Waals surface area contributed by atoms with Crippen LogP contribution in [0.4, 0.5) is 0 Å². The predicted octanol–water partition coefficient (Wildman–Crippen LogP) is 2.69. The minimum atomic E-state index is -0.282. The zero-order chi connectivity index (χ0) is 13.7. The van der Waals surface area contributed by atoms with Gasteiger partial charge >= 0.3 is 0 Å². The Morgan fingerprint density at radius 1 is 1.50 bits per heavy atom. The van der Waals surface area contributed by atoms with Gasteiger partial charge in [-0.3, -0.25) is 4.79 Å². The predicted molar refractivity (Wildman–Crippen MR) is 74.6 cm³/mol. The van der Waals surface area contributed by atoms with Gasteiger partial charge in [0.15, 0.2) is 0 Å². The first-order valence-corrected chi connectivity index (χ1v) is 6.67. The van der Waals surface area contributed by atoms with Crippen molar-refractivity contribution in [2.75, 3.05) is 7.11 Å². The summed E-state index contributed by atoms with van der Waals surface area (Å²) in [6, 6.07) is 4.65. The van der Waals surface area contributed by atoms with E-state index in [0.717, 1.165) is 6.42 Å². The average molecular weight is 316 g/mol. The summed E-state index contributed by atoms with van der Waals surface area (Å²) in [5.41, 5.74) is 0.255. The molecule has 0 aliphatic heterocycles. The summed E-state index contributed by atoms with van der Waals surface area (Å²) in [5.74, 6) is 0.160. The number of carbonyl (C=O) groups excluding carboxylic acids is 1. The standard InChI is InChI=1S/C13H18BrNO3/c1-8(14)6-9(2)15-13(17)11-5-4-10(18-3)7-12(11)16/h4-5,7-9,16H,6H2,1-3H3,(H,15,17). The number of hydrogen-bond acceptors (Lipinski definition) is 3. The topological polar surface area (TPSA) is 58.6 Å². The first-order chi connectivity index (χ1) is 8.43. The summed E-state index contributed by atoms with van der Waals surface area (Å²) in [4.78, 5) is 12.3. The Bertz CT molecular complexity index is 421. The molecular formula is C13H18BrNO3. The number of ether oxygens (including phenoxy) is 1. The lowest BCUT2D eigenvalue weighted by atomic mass is 10.1. The lowest BCUT2D eigenvalue weighted by Crippen LogP contribution is -2.33. The van der Waals surface area contributed by atoms with E-state index < -0.39 is 0 Å². The van der Waals surface area contributed by atoms with Gasteiger partial charge in [0.05, 0.1) is 12.7 Å². The van der Waals surface area contributed by atoms with Gasteiger partial charge in [-0.25, -0.2) is 0 Å². The van der Waals surface area contributed by atoms with E-state index in [2.05, 4.69) is 21.2 Å². The van der Waals surface area contributed by atoms with Crippen molar-refractivity contribution in [3.05, 3.63) is 23.8 Å². The molecule has 1 rings (SSSR count). The number of nitrogens with one attached hydrogen (secondary N) is 1. The van der Waals surface area contributed by atoms with Gasteiger partial charge < -0.3 is 15.2 Å². The fourth-order valence-corrected chi connectivity index (χ4v) is 2.24. The molecule has 0 saturated heterocycles. The van der Waals surface area contributed by atoms with Gasteiger partial charge in [0.25, 0.3) is 5.91 Å². The molecule has 0 heterocycles. The van der Waals surface area contributed by atoms with Crippen molar-refractivity contribution in [3.8, 4) is 11.5 Å². The van der Waals surface area contributed by atoms with Crippen molar-refractivity contribution in [3.63, 3.8) is 0 Å². The molecule has 0 aliphatic rings. The van der Waals surface area contributed by atoms with E-state index >= 15 is 0 Å². The van der Waals surface area contributed by atoms with Gasteiger partial charge in [-0.05, 0) is 25.5 Å². The van der Waals surface area contributed by atoms with Gasteiger partial charge in [0.1, 0.15) is 11.5 Å². The van der Waals surface area contributed by atoms with E-state index in [4.69, 9.17) is 4.74 Å². The highest BCUT2D eigenvalue weighted by Gasteiger charge is 2.15. The summed E-state index contributed by atoms with van der Waals surface area (Å²) >= 11 is 3.44. The maximum absolute atomic E-state index is 11.9. The second kappa shape index (κ2) is 6.64. The highest BCUT2D eigenvalue weighted by molar-refractivity contribution is 9.09. The minimum absolute atomic E-state index is 0.0355. The van der Waals surface area contributed by atoms with Gasteiger partial charge in [-0.15, -0.1) is 0 Å². The van der Waals surface area contributed by atoms with Crippen molar-refractivity contribution < 1.29 is 14.6 Å². The third-order valence-corrected chi connectivity index (χ3v) is 2.88. The van der Waals surface area contributed by atoms with Crippen LogP contribution in [0.25, 0.3) is 0 Å². The van der Waals surface area contributed by atoms with Crippen LogP contribution in [0.15, 0.2) is 18.2 Å². The van der Waals surface area contributed by atoms with E-state index in [0.29, 0.717) is 10.6 Å². The second-order valence-corrected chi connectivity index (χ2v) is 5.84. The molecule has 1 aromatic carbocycles. The Labute approximate surface area is 115 Å². The number of benzene rings is 1. The van der Waals surface area contributed by atoms with E-state index in [1.165, 1.54) is 13.2 Å². The molecule has 1 amide bonds. The number of rotatable bonds is 5. The SMILES string of the molecule is COc1ccc(C(=O)NC(C)CC(C)Br)c(O)c1. The molecular weight excluding hydrogens is 298 g/mol. The molecule has 0 aliphatic carbocycles. The number of methoxy groups -OCH3 is 1. The summed E-state index contributed by atoms with van der Waals surface area (Å²) in [6.07, 6.45) is 0.822. The van der Waals surface area contributed by atoms with Crippen molar-refractivity contribution >= 4 is 21.8 Å². The van der Waals surface area contributed by atoms with Crippen molar-refractivity contribution in [1.82, 2.24) is 5.32 Å². The van der Waals surface area contributed by atoms with Crippen LogP contribution in [0, 0.1) is 0 Å². The largest absolute Gasteiger partial charge is 0.507 e. The van der Waals surface area contributed by atoms with Crippen LogP contribution < -0.4 is 10.1 Å². The molecule has 2 N–H and O–H groups in total. The molecule has 2 unspecified atom stereocenters. The average Bonchev–Trinajstić information content (AvgIpc) is 2.27. The Morgan fingerprint density at radius 3 is 2.67 bits per heavy atom. The van der Waals surface area contributed by atoms with Crippen molar-refractivity contribution in [1.29, 1.82) is 0 Å². The number of amides is 1. The number of carbonyl (C=O) groups is 1. The minimum Gasteiger partial charge on any atom is -0.507 e. The summed E-state index contributed by atoms with van der Waals surface area (Å²) in [5, 5.41) is 12.6. The smallest absolute Gasteiger partial charge is 0.255 e. The Kier molecular flexibility index (Phi) is 5.47. The van der Waals surface area contributed by atoms with Gasteiger partial charge in [-0.2, -0.15) is 0 Å². The lowest BCUT2D eigenvalue weighted by Gasteiger charge is -2.15. The molecule has 100 valence electrons. The third-order valence-electron chi connectivity index (χ3n) is 2.51. The molecule has 4 nitrogen and oxygen atoms in total. The molecule has 0 saturated carbocycles. The molecule has 0 spiro atoms. The first-order valence-electron chi connectivity index (χ1n) is 5.76. The first kappa shape index (κ1) is 14.8. The van der Waals surface area contributed by atoms with Crippen LogP contribution in [0.1, 0.15) is 30.6 Å². The molecule has 0 radical (unpaired) electrons. The summed E-state index contributed by atoms with van der Waals surface area (Å²) in [6.45, 7) is 3.95. The molecule has 0 aromatic heterocycles. The number of phenolic OH excluding ortho intramolecular Hbond substituents is 1. The molecule has 0 bridgehead atoms. The molecule has 2 atom stereocenters. The third kappa shape index (κ3) is 4.22. The number of alkyl halides is 1. The summed E-state index contributed by atoms with van der Waals surface area (Å²) < 4.78 is 4.97. The molecule has 18 heavy (non-hydrogen) atoms. The monoisotopic (exact) mass is 315 g/mol. The Balaban J connectivity index is 2.72. The van der Waals surface area contributed by atoms with Gasteiger partial charge in [-0.1, -0.05) is 22.9 Å². The second-order valence-electron chi connectivity index (χ2n) is 4.27. The fourth-order valence-electron chi connectivity index (χ4n) is 1.68. The maximum Gasteiger partial charge on any atom is 0.255 e. The Hall–Kier alpha value is -1.23. The molecule has 5 heteroatoms. The van der Waals surface area contributed by atoms with E-state index in [-0.39, 0.29) is 23.3 Å². The number of hydrogen-bond donors (Lipinski definition) is 2. The van der Waals surface area contributed by atoms with Crippen molar-refractivity contribution in [2.24, 2.45) is 0 Å². The zero-order valence-electron chi connectivity index (χ0n) is 10.7. The normalized spacial score (nSPS) is 13.8. The van der Waals surface area contributed by atoms with Gasteiger partial charge in [0.2, 0.25) is 0 Å². The molecule has 1 aromatic rings. The van der Waals surface area contributed by atoms with Crippen LogP contribution in [-0.4, -0.2) is 29.0 Å². The highest BCUT2D eigenvalue weighted by Crippen LogP contribution is 2.23. The van der Waals surface area contributed by atoms with Crippen LogP contribution in [-0.2, 0) is 0 Å². The number of aromatic hydroxyl groups is 1. The van der Waals surface area contributed by atoms with Crippen LogP contribution in [0.5, 0.6) is 11.5 Å². The van der Waals surface area contributed by atoms with Crippen molar-refractivity contribution in [2.45, 2.75) is 31.1 Å². The van der Waals surface area contributed by atoms with E-state index in [9.17, 15) is 9.90 Å². The van der Waals surface area contributed by atoms with Crippen LogP contribution in [0.3, 0.4) is 0 Å². The fraction of sp³-hybridized carbons (Fsp3) is 0.462. The van der Waals surface area contributed by atoms with E-state index in [1.54, 1.807) is 12.1 Å². The Morgan fingerprint density at radius 2 is 2.17 bits per heavy atom. The lowest BCUT2D eigenvalue weighted by molar-refractivity contribution is 0.0936.